The second-order valence-electron chi connectivity index (χ2n) is 6.41. The quantitative estimate of drug-likeness (QED) is 0.790. The number of hydrogen-bond acceptors (Lipinski definition) is 4. The van der Waals surface area contributed by atoms with Gasteiger partial charge in [0.1, 0.15) is 16.7 Å². The number of rotatable bonds is 3. The van der Waals surface area contributed by atoms with Gasteiger partial charge in [0.2, 0.25) is 0 Å². The van der Waals surface area contributed by atoms with Crippen LogP contribution in [0.2, 0.25) is 5.15 Å². The van der Waals surface area contributed by atoms with Gasteiger partial charge in [0.15, 0.2) is 0 Å². The van der Waals surface area contributed by atoms with Crippen LogP contribution in [0.1, 0.15) is 47.9 Å². The molecule has 1 saturated carbocycles. The summed E-state index contributed by atoms with van der Waals surface area (Å²) >= 11 is 5.77. The number of carbonyl (C=O) groups is 1. The van der Waals surface area contributed by atoms with Crippen molar-refractivity contribution in [1.82, 2.24) is 14.5 Å². The van der Waals surface area contributed by atoms with Crippen molar-refractivity contribution in [3.05, 3.63) is 51.4 Å². The fourth-order valence-corrected chi connectivity index (χ4v) is 3.49. The Kier molecular flexibility index (Phi) is 5.23. The van der Waals surface area contributed by atoms with Crippen molar-refractivity contribution in [3.8, 4) is 5.69 Å². The van der Waals surface area contributed by atoms with Gasteiger partial charge in [-0.3, -0.25) is 9.36 Å². The topological polar surface area (TPSA) is 85.1 Å². The van der Waals surface area contributed by atoms with Crippen LogP contribution in [0.15, 0.2) is 29.2 Å². The number of hydrogen-bond donors (Lipinski definition) is 1. The predicted octanol–water partition coefficient (Wildman–Crippen LogP) is 3.82. The number of carboxylic acid groups (broad SMARTS) is 1. The van der Waals surface area contributed by atoms with Crippen LogP contribution in [0.3, 0.4) is 0 Å². The molecule has 0 aromatic carbocycles. The molecule has 2 aromatic heterocycles. The highest BCUT2D eigenvalue weighted by Gasteiger charge is 2.42. The lowest BCUT2D eigenvalue weighted by Gasteiger charge is -2.31. The van der Waals surface area contributed by atoms with E-state index in [1.165, 1.54) is 22.9 Å². The summed E-state index contributed by atoms with van der Waals surface area (Å²) in [6.07, 6.45) is -2.82. The fourth-order valence-electron chi connectivity index (χ4n) is 3.38. The number of aromatic nitrogens is 3. The van der Waals surface area contributed by atoms with Gasteiger partial charge in [-0.05, 0) is 37.8 Å². The van der Waals surface area contributed by atoms with Crippen LogP contribution in [0.25, 0.3) is 5.69 Å². The molecule has 1 N–H and O–H groups in total. The van der Waals surface area contributed by atoms with E-state index in [9.17, 15) is 27.9 Å². The highest BCUT2D eigenvalue weighted by atomic mass is 35.5. The monoisotopic (exact) mass is 401 g/mol. The van der Waals surface area contributed by atoms with Crippen LogP contribution in [0.5, 0.6) is 0 Å². The Labute approximate surface area is 156 Å². The van der Waals surface area contributed by atoms with Crippen molar-refractivity contribution >= 4 is 17.6 Å². The average Bonchev–Trinajstić information content (AvgIpc) is 2.61. The summed E-state index contributed by atoms with van der Waals surface area (Å²) in [7, 11) is 0. The zero-order chi connectivity index (χ0) is 19.8. The van der Waals surface area contributed by atoms with Crippen LogP contribution in [0, 0.1) is 5.92 Å². The third-order valence-corrected chi connectivity index (χ3v) is 4.92. The van der Waals surface area contributed by atoms with E-state index in [-0.39, 0.29) is 42.4 Å². The molecule has 1 aliphatic carbocycles. The van der Waals surface area contributed by atoms with Gasteiger partial charge in [0.25, 0.3) is 5.56 Å². The number of carboxylic acids is 1. The van der Waals surface area contributed by atoms with Gasteiger partial charge >= 0.3 is 12.1 Å². The fraction of sp³-hybridized carbons (Fsp3) is 0.412. The second kappa shape index (κ2) is 7.30. The maximum Gasteiger partial charge on any atom is 0.391 e. The van der Waals surface area contributed by atoms with Crippen LogP contribution in [-0.4, -0.2) is 31.8 Å². The van der Waals surface area contributed by atoms with E-state index in [4.69, 9.17) is 11.6 Å². The summed E-state index contributed by atoms with van der Waals surface area (Å²) in [5.41, 5.74) is -0.761. The van der Waals surface area contributed by atoms with Crippen molar-refractivity contribution in [2.75, 3.05) is 0 Å². The van der Waals surface area contributed by atoms with Gasteiger partial charge in [0.05, 0.1) is 17.8 Å². The lowest BCUT2D eigenvalue weighted by molar-refractivity contribution is -0.182. The molecule has 2 aromatic rings. The van der Waals surface area contributed by atoms with Crippen LogP contribution in [0.4, 0.5) is 13.2 Å². The number of pyridine rings is 1. The summed E-state index contributed by atoms with van der Waals surface area (Å²) in [5, 5.41) is 9.69. The minimum Gasteiger partial charge on any atom is -0.477 e. The Morgan fingerprint density at radius 1 is 1.22 bits per heavy atom. The molecular weight excluding hydrogens is 387 g/mol. The Bertz CT molecular complexity index is 904. The lowest BCUT2D eigenvalue weighted by Crippen LogP contribution is -2.30. The molecule has 0 bridgehead atoms. The SMILES string of the molecule is O=C(O)c1cc(=O)nc(C2CCC(C(F)(F)F)CC2)n1-c1ccc(Cl)nc1. The normalized spacial score (nSPS) is 20.4. The van der Waals surface area contributed by atoms with Crippen LogP contribution >= 0.6 is 11.6 Å². The summed E-state index contributed by atoms with van der Waals surface area (Å²) < 4.78 is 40.0. The first-order valence-corrected chi connectivity index (χ1v) is 8.60. The molecule has 0 saturated heterocycles. The molecule has 0 amide bonds. The van der Waals surface area contributed by atoms with E-state index < -0.39 is 29.5 Å². The summed E-state index contributed by atoms with van der Waals surface area (Å²) in [4.78, 5) is 31.4. The first-order chi connectivity index (χ1) is 12.7. The molecule has 0 unspecified atom stereocenters. The molecule has 2 heterocycles. The van der Waals surface area contributed by atoms with Crippen LogP contribution in [-0.2, 0) is 0 Å². The standard InChI is InChI=1S/C17H15ClF3N3O3/c18-13-6-5-11(8-22-13)24-12(16(26)27)7-14(25)23-15(24)9-1-3-10(4-2-9)17(19,20)21/h5-10H,1-4H2,(H,26,27). The van der Waals surface area contributed by atoms with Gasteiger partial charge in [-0.15, -0.1) is 0 Å². The Morgan fingerprint density at radius 3 is 2.41 bits per heavy atom. The minimum atomic E-state index is -4.26. The number of aromatic carboxylic acids is 1. The Balaban J connectivity index is 2.06. The van der Waals surface area contributed by atoms with Gasteiger partial charge < -0.3 is 5.11 Å². The first-order valence-electron chi connectivity index (χ1n) is 8.22. The van der Waals surface area contributed by atoms with Gasteiger partial charge in [-0.25, -0.2) is 9.78 Å². The summed E-state index contributed by atoms with van der Waals surface area (Å²) in [5.74, 6) is -3.08. The highest BCUT2D eigenvalue weighted by Crippen LogP contribution is 2.42. The molecule has 1 fully saturated rings. The number of halogens is 4. The van der Waals surface area contributed by atoms with Crippen LogP contribution < -0.4 is 5.56 Å². The zero-order valence-corrected chi connectivity index (χ0v) is 14.7. The number of nitrogens with zero attached hydrogens (tertiary/aromatic N) is 3. The van der Waals surface area contributed by atoms with Crippen molar-refractivity contribution in [2.45, 2.75) is 37.8 Å². The molecule has 27 heavy (non-hydrogen) atoms. The van der Waals surface area contributed by atoms with Gasteiger partial charge in [-0.2, -0.15) is 18.2 Å². The first kappa shape index (κ1) is 19.3. The van der Waals surface area contributed by atoms with E-state index in [0.717, 1.165) is 6.07 Å². The van der Waals surface area contributed by atoms with E-state index in [0.29, 0.717) is 5.69 Å². The average molecular weight is 402 g/mol. The largest absolute Gasteiger partial charge is 0.477 e. The van der Waals surface area contributed by atoms with Crippen molar-refractivity contribution < 1.29 is 23.1 Å². The van der Waals surface area contributed by atoms with E-state index in [1.807, 2.05) is 0 Å². The molecule has 6 nitrogen and oxygen atoms in total. The smallest absolute Gasteiger partial charge is 0.391 e. The maximum absolute atomic E-state index is 12.9. The molecule has 144 valence electrons. The maximum atomic E-state index is 12.9. The summed E-state index contributed by atoms with van der Waals surface area (Å²) in [6, 6.07) is 3.84. The van der Waals surface area contributed by atoms with Crippen molar-refractivity contribution in [1.29, 1.82) is 0 Å². The van der Waals surface area contributed by atoms with E-state index >= 15 is 0 Å². The molecule has 0 spiro atoms. The molecular formula is C17H15ClF3N3O3. The molecule has 0 aliphatic heterocycles. The molecule has 0 atom stereocenters. The second-order valence-corrected chi connectivity index (χ2v) is 6.79. The van der Waals surface area contributed by atoms with Crippen molar-refractivity contribution in [3.63, 3.8) is 0 Å². The zero-order valence-electron chi connectivity index (χ0n) is 13.9. The molecule has 3 rings (SSSR count). The van der Waals surface area contributed by atoms with E-state index in [2.05, 4.69) is 9.97 Å². The third-order valence-electron chi connectivity index (χ3n) is 4.70. The molecule has 1 aliphatic rings. The van der Waals surface area contributed by atoms with E-state index in [1.54, 1.807) is 0 Å². The van der Waals surface area contributed by atoms with Gasteiger partial charge in [0, 0.05) is 12.0 Å². The third kappa shape index (κ3) is 4.13. The van der Waals surface area contributed by atoms with Gasteiger partial charge in [-0.1, -0.05) is 11.6 Å². The Morgan fingerprint density at radius 2 is 1.89 bits per heavy atom. The predicted molar refractivity (Wildman–Crippen MR) is 90.4 cm³/mol. The highest BCUT2D eigenvalue weighted by molar-refractivity contribution is 6.29. The van der Waals surface area contributed by atoms with Crippen molar-refractivity contribution in [2.24, 2.45) is 5.92 Å². The molecule has 10 heteroatoms. The minimum absolute atomic E-state index is 0.0970. The lowest BCUT2D eigenvalue weighted by atomic mass is 9.81. The Hall–Kier alpha value is -2.42. The summed E-state index contributed by atoms with van der Waals surface area (Å²) in [6.45, 7) is 0. The molecule has 0 radical (unpaired) electrons. The number of alkyl halides is 3.